The van der Waals surface area contributed by atoms with Gasteiger partial charge in [-0.25, -0.2) is 33.1 Å². The minimum Gasteiger partial charge on any atom is -0.377 e. The van der Waals surface area contributed by atoms with Crippen LogP contribution in [0.15, 0.2) is 35.3 Å². The van der Waals surface area contributed by atoms with Gasteiger partial charge in [-0.1, -0.05) is 17.7 Å². The fourth-order valence-corrected chi connectivity index (χ4v) is 7.06. The van der Waals surface area contributed by atoms with Crippen molar-refractivity contribution in [3.05, 3.63) is 79.9 Å². The Hall–Kier alpha value is -4.10. The van der Waals surface area contributed by atoms with Crippen LogP contribution in [0.25, 0.3) is 10.9 Å². The lowest BCUT2D eigenvalue weighted by molar-refractivity contribution is 0.0977. The van der Waals surface area contributed by atoms with Gasteiger partial charge in [0.05, 0.1) is 28.9 Å². The molecule has 2 N–H and O–H groups in total. The predicted molar refractivity (Wildman–Crippen MR) is 169 cm³/mol. The summed E-state index contributed by atoms with van der Waals surface area (Å²) in [4.78, 5) is 46.7. The smallest absolute Gasteiger partial charge is 0.285 e. The third-order valence-electron chi connectivity index (χ3n) is 8.50. The van der Waals surface area contributed by atoms with E-state index in [-0.39, 0.29) is 22.1 Å². The number of fused-ring (bicyclic) bond motifs is 2. The van der Waals surface area contributed by atoms with E-state index >= 15 is 0 Å². The van der Waals surface area contributed by atoms with E-state index in [9.17, 15) is 18.0 Å². The molecule has 1 saturated heterocycles. The number of benzene rings is 1. The third kappa shape index (κ3) is 5.50. The number of nitrogens with one attached hydrogen (secondary N) is 2. The van der Waals surface area contributed by atoms with Crippen molar-refractivity contribution >= 4 is 50.1 Å². The van der Waals surface area contributed by atoms with Crippen LogP contribution in [0, 0.1) is 32.6 Å². The highest BCUT2D eigenvalue weighted by Crippen LogP contribution is 2.58. The first-order chi connectivity index (χ1) is 20.7. The first-order valence-corrected chi connectivity index (χ1v) is 16.5. The number of halogens is 1. The quantitative estimate of drug-likeness (QED) is 0.289. The molecule has 2 aliphatic rings. The number of nitrogens with zero attached hydrogens (tertiary/aromatic N) is 6. The lowest BCUT2D eigenvalue weighted by atomic mass is 10.0. The number of carbonyl (C=O) groups excluding carboxylic acids is 1. The number of pyridine rings is 1. The highest BCUT2D eigenvalue weighted by molar-refractivity contribution is 7.89. The summed E-state index contributed by atoms with van der Waals surface area (Å²) in [5, 5.41) is 3.78. The Morgan fingerprint density at radius 2 is 1.80 bits per heavy atom. The number of hydrogen-bond donors (Lipinski definition) is 2. The average molecular weight is 637 g/mol. The molecule has 0 bridgehead atoms. The average Bonchev–Trinajstić information content (AvgIpc) is 3.41. The molecule has 0 radical (unpaired) electrons. The van der Waals surface area contributed by atoms with E-state index in [2.05, 4.69) is 25.2 Å². The maximum atomic E-state index is 13.7. The number of rotatable bonds is 7. The normalized spacial score (nSPS) is 20.0. The molecule has 44 heavy (non-hydrogen) atoms. The number of anilines is 2. The van der Waals surface area contributed by atoms with E-state index in [0.29, 0.717) is 34.6 Å². The van der Waals surface area contributed by atoms with Crippen molar-refractivity contribution in [3.8, 4) is 0 Å². The minimum absolute atomic E-state index is 0.0358. The summed E-state index contributed by atoms with van der Waals surface area (Å²) in [5.74, 6) is 1.76. The standard InChI is InChI=1S/C30H33ClN8O4S/c1-14-9-18(15(2)34-23-7-8-24(31)35-27(23)28(40)37-44(6,42)43)26-19(10-14)29(41)38(5)30(36-26)39-12-21-22(13-39)25(21)20-11-32-17(4)33-16(20)3/h7-11,15,21-22,25,34H,12-13H2,1-6H3,(H,37,40)/t15-,21-,22+,25?/m1/s1. The van der Waals surface area contributed by atoms with E-state index < -0.39 is 22.0 Å². The molecule has 14 heteroatoms. The van der Waals surface area contributed by atoms with Crippen LogP contribution in [0.3, 0.4) is 0 Å². The number of carbonyl (C=O) groups is 1. The Morgan fingerprint density at radius 3 is 2.45 bits per heavy atom. The van der Waals surface area contributed by atoms with Crippen molar-refractivity contribution in [2.75, 3.05) is 29.6 Å². The molecule has 4 heterocycles. The highest BCUT2D eigenvalue weighted by atomic mass is 35.5. The molecule has 1 saturated carbocycles. The summed E-state index contributed by atoms with van der Waals surface area (Å²) in [5.41, 5.74) is 4.36. The van der Waals surface area contributed by atoms with Crippen molar-refractivity contribution in [3.63, 3.8) is 0 Å². The van der Waals surface area contributed by atoms with Gasteiger partial charge in [-0.2, -0.15) is 0 Å². The predicted octanol–water partition coefficient (Wildman–Crippen LogP) is 3.41. The largest absolute Gasteiger partial charge is 0.377 e. The van der Waals surface area contributed by atoms with E-state index in [1.165, 1.54) is 11.6 Å². The number of piperidine rings is 1. The fourth-order valence-electron chi connectivity index (χ4n) is 6.48. The maximum absolute atomic E-state index is 13.7. The van der Waals surface area contributed by atoms with Gasteiger partial charge in [-0.05, 0) is 74.8 Å². The van der Waals surface area contributed by atoms with Gasteiger partial charge < -0.3 is 10.2 Å². The Bertz CT molecular complexity index is 2000. The third-order valence-corrected chi connectivity index (χ3v) is 9.26. The topological polar surface area (TPSA) is 152 Å². The zero-order valence-electron chi connectivity index (χ0n) is 25.2. The van der Waals surface area contributed by atoms with E-state index in [1.807, 2.05) is 50.7 Å². The zero-order chi connectivity index (χ0) is 31.7. The summed E-state index contributed by atoms with van der Waals surface area (Å²) >= 11 is 6.04. The van der Waals surface area contributed by atoms with Crippen molar-refractivity contribution in [2.24, 2.45) is 18.9 Å². The monoisotopic (exact) mass is 636 g/mol. The van der Waals surface area contributed by atoms with Crippen molar-refractivity contribution in [2.45, 2.75) is 39.7 Å². The lowest BCUT2D eigenvalue weighted by Gasteiger charge is -2.25. The summed E-state index contributed by atoms with van der Waals surface area (Å²) in [6, 6.07) is 6.40. The molecule has 1 aliphatic heterocycles. The maximum Gasteiger partial charge on any atom is 0.285 e. The SMILES string of the molecule is Cc1cc([C@@H](C)Nc2ccc(Cl)nc2C(=O)NS(C)(=O)=O)c2nc(N3C[C@@H]4C(c5cnc(C)nc5C)[C@@H]4C3)n(C)c(=O)c2c1. The van der Waals surface area contributed by atoms with Crippen LogP contribution < -0.4 is 20.5 Å². The first-order valence-electron chi connectivity index (χ1n) is 14.2. The second kappa shape index (κ2) is 10.8. The van der Waals surface area contributed by atoms with Crippen molar-refractivity contribution < 1.29 is 13.2 Å². The highest BCUT2D eigenvalue weighted by Gasteiger charge is 2.57. The molecule has 1 unspecified atom stereocenters. The van der Waals surface area contributed by atoms with Gasteiger partial charge in [0.2, 0.25) is 16.0 Å². The second-order valence-corrected chi connectivity index (χ2v) is 14.0. The first kappa shape index (κ1) is 29.9. The van der Waals surface area contributed by atoms with E-state index in [4.69, 9.17) is 16.6 Å². The fraction of sp³-hybridized carbons (Fsp3) is 0.400. The summed E-state index contributed by atoms with van der Waals surface area (Å²) in [6.07, 6.45) is 2.83. The summed E-state index contributed by atoms with van der Waals surface area (Å²) in [6.45, 7) is 9.26. The Kier molecular flexibility index (Phi) is 7.36. The van der Waals surface area contributed by atoms with Gasteiger partial charge in [-0.15, -0.1) is 0 Å². The Labute approximate surface area is 260 Å². The molecule has 4 atom stereocenters. The number of aromatic nitrogens is 5. The number of amides is 1. The van der Waals surface area contributed by atoms with E-state index in [1.54, 1.807) is 17.7 Å². The van der Waals surface area contributed by atoms with Gasteiger partial charge in [0.1, 0.15) is 11.0 Å². The molecule has 1 aliphatic carbocycles. The van der Waals surface area contributed by atoms with Crippen LogP contribution in [0.4, 0.5) is 11.6 Å². The number of sulfonamides is 1. The molecular weight excluding hydrogens is 604 g/mol. The Balaban J connectivity index is 1.32. The van der Waals surface area contributed by atoms with Crippen LogP contribution >= 0.6 is 11.6 Å². The van der Waals surface area contributed by atoms with Crippen molar-refractivity contribution in [1.82, 2.24) is 29.2 Å². The van der Waals surface area contributed by atoms with Gasteiger partial charge >= 0.3 is 0 Å². The van der Waals surface area contributed by atoms with Gasteiger partial charge in [0.25, 0.3) is 11.5 Å². The molecule has 230 valence electrons. The molecule has 0 spiro atoms. The molecule has 3 aromatic heterocycles. The van der Waals surface area contributed by atoms with Crippen LogP contribution in [-0.2, 0) is 17.1 Å². The van der Waals surface area contributed by atoms with Crippen LogP contribution in [0.5, 0.6) is 0 Å². The molecule has 2 fully saturated rings. The second-order valence-electron chi connectivity index (χ2n) is 11.8. The number of aryl methyl sites for hydroxylation is 3. The van der Waals surface area contributed by atoms with Gasteiger partial charge in [0.15, 0.2) is 5.69 Å². The minimum atomic E-state index is -3.83. The zero-order valence-corrected chi connectivity index (χ0v) is 26.8. The van der Waals surface area contributed by atoms with Crippen molar-refractivity contribution in [1.29, 1.82) is 0 Å². The number of hydrogen-bond acceptors (Lipinski definition) is 10. The lowest BCUT2D eigenvalue weighted by Crippen LogP contribution is -2.32. The molecule has 4 aromatic rings. The summed E-state index contributed by atoms with van der Waals surface area (Å²) < 4.78 is 27.0. The molecule has 1 amide bonds. The molecule has 12 nitrogen and oxygen atoms in total. The van der Waals surface area contributed by atoms with Crippen LogP contribution in [0.1, 0.15) is 57.6 Å². The van der Waals surface area contributed by atoms with Gasteiger partial charge in [-0.3, -0.25) is 14.2 Å². The molecule has 1 aromatic carbocycles. The van der Waals surface area contributed by atoms with Gasteiger partial charge in [0, 0.05) is 37.6 Å². The molecule has 6 rings (SSSR count). The van der Waals surface area contributed by atoms with Crippen LogP contribution in [-0.4, -0.2) is 58.2 Å². The Morgan fingerprint density at radius 1 is 1.09 bits per heavy atom. The van der Waals surface area contributed by atoms with Crippen LogP contribution in [0.2, 0.25) is 5.15 Å². The van der Waals surface area contributed by atoms with E-state index in [0.717, 1.165) is 42.0 Å². The molecular formula is C30H33ClN8O4S. The summed E-state index contributed by atoms with van der Waals surface area (Å²) in [7, 11) is -2.08.